The molecule has 0 unspecified atom stereocenters. The molecule has 21 heavy (non-hydrogen) atoms. The van der Waals surface area contributed by atoms with E-state index in [9.17, 15) is 10.0 Å². The van der Waals surface area contributed by atoms with E-state index in [1.165, 1.54) is 6.21 Å². The van der Waals surface area contributed by atoms with E-state index < -0.39 is 5.97 Å². The number of ether oxygens (including phenoxy) is 1. The van der Waals surface area contributed by atoms with Crippen molar-refractivity contribution in [3.63, 3.8) is 0 Å². The lowest BCUT2D eigenvalue weighted by Crippen LogP contribution is -2.08. The molecule has 2 aromatic carbocycles. The van der Waals surface area contributed by atoms with E-state index in [0.717, 1.165) is 4.74 Å². The maximum Gasteiger partial charge on any atom is 0.338 e. The van der Waals surface area contributed by atoms with E-state index in [1.54, 1.807) is 55.5 Å². The maximum absolute atomic E-state index is 11.9. The van der Waals surface area contributed by atoms with Gasteiger partial charge in [-0.05, 0) is 31.2 Å². The van der Waals surface area contributed by atoms with Gasteiger partial charge in [-0.15, -0.1) is 0 Å². The highest BCUT2D eigenvalue weighted by molar-refractivity contribution is 5.88. The number of rotatable bonds is 4. The second-order valence-corrected chi connectivity index (χ2v) is 4.53. The summed E-state index contributed by atoms with van der Waals surface area (Å²) in [6, 6.07) is 15.6. The minimum absolute atomic E-state index is 0.334. The number of esters is 1. The van der Waals surface area contributed by atoms with Gasteiger partial charge in [-0.25, -0.2) is 4.79 Å². The summed E-state index contributed by atoms with van der Waals surface area (Å²) in [6.07, 6.45) is 1.46. The summed E-state index contributed by atoms with van der Waals surface area (Å²) in [5, 5.41) is 11.9. The van der Waals surface area contributed by atoms with Crippen LogP contribution in [0.3, 0.4) is 0 Å². The SMILES string of the molecule is C=C(C)C(=O)Oc1ccc(C=[N+]([O-])c2ccccc2)cc1. The van der Waals surface area contributed by atoms with Crippen LogP contribution in [0.2, 0.25) is 0 Å². The predicted octanol–water partition coefficient (Wildman–Crippen LogP) is 3.43. The van der Waals surface area contributed by atoms with E-state index in [2.05, 4.69) is 6.58 Å². The van der Waals surface area contributed by atoms with Crippen LogP contribution in [0.1, 0.15) is 12.5 Å². The molecule has 0 saturated heterocycles. The van der Waals surface area contributed by atoms with Crippen LogP contribution in [-0.2, 0) is 4.79 Å². The standard InChI is InChI=1S/C17H15NO3/c1-13(2)17(19)21-16-10-8-14(9-11-16)12-18(20)15-6-4-3-5-7-15/h3-12H,1H2,2H3. The van der Waals surface area contributed by atoms with E-state index in [1.807, 2.05) is 6.07 Å². The fourth-order valence-corrected chi connectivity index (χ4v) is 1.60. The van der Waals surface area contributed by atoms with Crippen LogP contribution in [0.25, 0.3) is 0 Å². The Morgan fingerprint density at radius 3 is 2.33 bits per heavy atom. The molecule has 0 bridgehead atoms. The zero-order valence-corrected chi connectivity index (χ0v) is 11.7. The van der Waals surface area contributed by atoms with Gasteiger partial charge in [-0.1, -0.05) is 24.8 Å². The predicted molar refractivity (Wildman–Crippen MR) is 81.8 cm³/mol. The van der Waals surface area contributed by atoms with Crippen LogP contribution in [-0.4, -0.2) is 16.9 Å². The Morgan fingerprint density at radius 2 is 1.76 bits per heavy atom. The second kappa shape index (κ2) is 6.52. The topological polar surface area (TPSA) is 52.4 Å². The third-order valence-electron chi connectivity index (χ3n) is 2.72. The second-order valence-electron chi connectivity index (χ2n) is 4.53. The number of para-hydroxylation sites is 1. The quantitative estimate of drug-likeness (QED) is 0.164. The molecule has 0 spiro atoms. The Bertz CT molecular complexity index is 673. The van der Waals surface area contributed by atoms with Crippen LogP contribution in [0.4, 0.5) is 5.69 Å². The molecule has 0 heterocycles. The first kappa shape index (κ1) is 14.5. The highest BCUT2D eigenvalue weighted by Crippen LogP contribution is 2.14. The van der Waals surface area contributed by atoms with Gasteiger partial charge in [0.25, 0.3) is 0 Å². The fraction of sp³-hybridized carbons (Fsp3) is 0.0588. The van der Waals surface area contributed by atoms with Gasteiger partial charge in [-0.2, -0.15) is 4.74 Å². The summed E-state index contributed by atoms with van der Waals surface area (Å²) in [6.45, 7) is 5.10. The molecule has 0 atom stereocenters. The average molecular weight is 281 g/mol. The Kier molecular flexibility index (Phi) is 4.51. The number of hydrogen-bond donors (Lipinski definition) is 0. The lowest BCUT2D eigenvalue weighted by molar-refractivity contribution is -0.354. The summed E-state index contributed by atoms with van der Waals surface area (Å²) in [5.41, 5.74) is 1.60. The van der Waals surface area contributed by atoms with Gasteiger partial charge in [0.1, 0.15) is 5.75 Å². The Hall–Kier alpha value is -2.88. The van der Waals surface area contributed by atoms with Crippen molar-refractivity contribution in [3.05, 3.63) is 77.5 Å². The van der Waals surface area contributed by atoms with Crippen molar-refractivity contribution in [1.29, 1.82) is 0 Å². The first-order valence-electron chi connectivity index (χ1n) is 6.40. The van der Waals surface area contributed by atoms with Gasteiger partial charge in [-0.3, -0.25) is 0 Å². The molecule has 106 valence electrons. The molecule has 0 amide bonds. The molecule has 2 aromatic rings. The van der Waals surface area contributed by atoms with Crippen LogP contribution < -0.4 is 4.74 Å². The zero-order valence-electron chi connectivity index (χ0n) is 11.7. The number of nitrogens with zero attached hydrogens (tertiary/aromatic N) is 1. The third kappa shape index (κ3) is 4.04. The largest absolute Gasteiger partial charge is 0.618 e. The molecular weight excluding hydrogens is 266 g/mol. The number of hydrogen-bond acceptors (Lipinski definition) is 3. The summed E-state index contributed by atoms with van der Waals surface area (Å²) < 4.78 is 5.86. The Labute approximate surface area is 123 Å². The van der Waals surface area contributed by atoms with Crippen molar-refractivity contribution in [3.8, 4) is 5.75 Å². The van der Waals surface area contributed by atoms with E-state index >= 15 is 0 Å². The Morgan fingerprint density at radius 1 is 1.14 bits per heavy atom. The number of carbonyl (C=O) groups excluding carboxylic acids is 1. The summed E-state index contributed by atoms with van der Waals surface area (Å²) in [7, 11) is 0. The molecule has 2 rings (SSSR count). The molecule has 0 fully saturated rings. The molecule has 0 saturated carbocycles. The third-order valence-corrected chi connectivity index (χ3v) is 2.72. The van der Waals surface area contributed by atoms with Crippen LogP contribution >= 0.6 is 0 Å². The molecule has 4 heteroatoms. The maximum atomic E-state index is 11.9. The normalized spacial score (nSPS) is 11.0. The van der Waals surface area contributed by atoms with Gasteiger partial charge in [0.2, 0.25) is 5.69 Å². The molecule has 0 radical (unpaired) electrons. The lowest BCUT2D eigenvalue weighted by Gasteiger charge is -2.04. The molecule has 0 N–H and O–H groups in total. The van der Waals surface area contributed by atoms with Crippen LogP contribution in [0.15, 0.2) is 66.7 Å². The number of benzene rings is 2. The van der Waals surface area contributed by atoms with Crippen molar-refractivity contribution >= 4 is 17.9 Å². The number of carbonyl (C=O) groups is 1. The minimum Gasteiger partial charge on any atom is -0.618 e. The van der Waals surface area contributed by atoms with E-state index in [-0.39, 0.29) is 0 Å². The average Bonchev–Trinajstić information content (AvgIpc) is 2.50. The van der Waals surface area contributed by atoms with Gasteiger partial charge in [0, 0.05) is 23.3 Å². The van der Waals surface area contributed by atoms with Crippen LogP contribution in [0.5, 0.6) is 5.75 Å². The van der Waals surface area contributed by atoms with E-state index in [0.29, 0.717) is 22.6 Å². The summed E-state index contributed by atoms with van der Waals surface area (Å²) >= 11 is 0. The highest BCUT2D eigenvalue weighted by atomic mass is 16.5. The van der Waals surface area contributed by atoms with Crippen molar-refractivity contribution in [1.82, 2.24) is 0 Å². The van der Waals surface area contributed by atoms with Gasteiger partial charge >= 0.3 is 5.97 Å². The first-order chi connectivity index (χ1) is 10.1. The van der Waals surface area contributed by atoms with Crippen LogP contribution in [0, 0.1) is 5.21 Å². The molecular formula is C17H15NO3. The minimum atomic E-state index is -0.471. The van der Waals surface area contributed by atoms with Crippen molar-refractivity contribution in [2.45, 2.75) is 6.92 Å². The highest BCUT2D eigenvalue weighted by Gasteiger charge is 2.05. The first-order valence-corrected chi connectivity index (χ1v) is 6.40. The van der Waals surface area contributed by atoms with Gasteiger partial charge < -0.3 is 9.94 Å². The lowest BCUT2D eigenvalue weighted by atomic mass is 10.2. The Balaban J connectivity index is 2.12. The van der Waals surface area contributed by atoms with Gasteiger partial charge in [0.05, 0.1) is 0 Å². The summed E-state index contributed by atoms with van der Waals surface area (Å²) in [5.74, 6) is -0.0567. The molecule has 0 aliphatic rings. The van der Waals surface area contributed by atoms with Crippen molar-refractivity contribution < 1.29 is 14.3 Å². The molecule has 0 aliphatic heterocycles. The van der Waals surface area contributed by atoms with Crippen molar-refractivity contribution in [2.75, 3.05) is 0 Å². The smallest absolute Gasteiger partial charge is 0.338 e. The summed E-state index contributed by atoms with van der Waals surface area (Å²) in [4.78, 5) is 11.4. The molecule has 4 nitrogen and oxygen atoms in total. The molecule has 0 aliphatic carbocycles. The zero-order chi connectivity index (χ0) is 15.2. The van der Waals surface area contributed by atoms with Crippen molar-refractivity contribution in [2.24, 2.45) is 0 Å². The monoisotopic (exact) mass is 281 g/mol. The fourth-order valence-electron chi connectivity index (χ4n) is 1.60. The van der Waals surface area contributed by atoms with E-state index in [4.69, 9.17) is 4.74 Å². The molecule has 0 aromatic heterocycles. The van der Waals surface area contributed by atoms with Gasteiger partial charge in [0.15, 0.2) is 6.21 Å².